The van der Waals surface area contributed by atoms with Gasteiger partial charge in [0.2, 0.25) is 0 Å². The SMILES string of the molecule is C[B]/C(C)=C/C(=C(\C)C(C)(C)C)C(C)(C)C. The summed E-state index contributed by atoms with van der Waals surface area (Å²) in [5.74, 6) is 0. The zero-order valence-corrected chi connectivity index (χ0v) is 12.7. The van der Waals surface area contributed by atoms with Gasteiger partial charge in [-0.2, -0.15) is 0 Å². The van der Waals surface area contributed by atoms with E-state index in [0.717, 1.165) is 0 Å². The molecule has 0 saturated heterocycles. The van der Waals surface area contributed by atoms with Crippen molar-refractivity contribution >= 4 is 7.28 Å². The van der Waals surface area contributed by atoms with E-state index in [1.54, 1.807) is 0 Å². The highest BCUT2D eigenvalue weighted by atomic mass is 14.3. The predicted molar refractivity (Wildman–Crippen MR) is 77.0 cm³/mol. The molecule has 0 aliphatic heterocycles. The molecular weight excluding hydrogens is 191 g/mol. The van der Waals surface area contributed by atoms with Gasteiger partial charge in [-0.25, -0.2) is 0 Å². The van der Waals surface area contributed by atoms with Crippen molar-refractivity contribution in [3.63, 3.8) is 0 Å². The molecule has 0 bridgehead atoms. The molecule has 0 aromatic carbocycles. The first-order valence-corrected chi connectivity index (χ1v) is 6.19. The van der Waals surface area contributed by atoms with Crippen LogP contribution in [0.2, 0.25) is 6.82 Å². The molecule has 1 radical (unpaired) electrons. The monoisotopic (exact) mass is 219 g/mol. The van der Waals surface area contributed by atoms with E-state index in [4.69, 9.17) is 0 Å². The third kappa shape index (κ3) is 4.59. The third-order valence-electron chi connectivity index (χ3n) is 3.16. The minimum Gasteiger partial charge on any atom is -0.112 e. The first kappa shape index (κ1) is 15.5. The number of hydrogen-bond acceptors (Lipinski definition) is 0. The molecular formula is C15H28B. The molecule has 1 heteroatoms. The zero-order valence-electron chi connectivity index (χ0n) is 12.7. The molecule has 0 aromatic heterocycles. The molecule has 0 aliphatic carbocycles. The molecule has 91 valence electrons. The molecule has 0 atom stereocenters. The highest BCUT2D eigenvalue weighted by Crippen LogP contribution is 2.37. The maximum absolute atomic E-state index is 2.33. The summed E-state index contributed by atoms with van der Waals surface area (Å²) in [6, 6.07) is 0. The van der Waals surface area contributed by atoms with E-state index in [9.17, 15) is 0 Å². The van der Waals surface area contributed by atoms with Crippen LogP contribution in [-0.4, -0.2) is 7.28 Å². The fourth-order valence-electron chi connectivity index (χ4n) is 1.60. The van der Waals surface area contributed by atoms with E-state index in [0.29, 0.717) is 0 Å². The van der Waals surface area contributed by atoms with Crippen molar-refractivity contribution in [2.75, 3.05) is 0 Å². The molecule has 0 rings (SSSR count). The third-order valence-corrected chi connectivity index (χ3v) is 3.16. The molecule has 0 unspecified atom stereocenters. The van der Waals surface area contributed by atoms with Gasteiger partial charge in [0, 0.05) is 0 Å². The van der Waals surface area contributed by atoms with Gasteiger partial charge >= 0.3 is 0 Å². The number of rotatable bonds is 2. The average Bonchev–Trinajstić information content (AvgIpc) is 2.09. The molecule has 0 aromatic rings. The van der Waals surface area contributed by atoms with Gasteiger partial charge in [0.1, 0.15) is 7.28 Å². The summed E-state index contributed by atoms with van der Waals surface area (Å²) in [7, 11) is 2.17. The fourth-order valence-corrected chi connectivity index (χ4v) is 1.60. The van der Waals surface area contributed by atoms with Gasteiger partial charge in [-0.3, -0.25) is 0 Å². The first-order chi connectivity index (χ1) is 7.00. The Morgan fingerprint density at radius 2 is 1.31 bits per heavy atom. The van der Waals surface area contributed by atoms with E-state index < -0.39 is 0 Å². The normalized spacial score (nSPS) is 15.9. The van der Waals surface area contributed by atoms with E-state index in [1.165, 1.54) is 16.6 Å². The molecule has 0 saturated carbocycles. The molecule has 0 spiro atoms. The minimum absolute atomic E-state index is 0.210. The largest absolute Gasteiger partial charge is 0.142 e. The number of hydrogen-bond donors (Lipinski definition) is 0. The maximum Gasteiger partial charge on any atom is 0.142 e. The van der Waals surface area contributed by atoms with Gasteiger partial charge in [-0.05, 0) is 23.3 Å². The van der Waals surface area contributed by atoms with Crippen molar-refractivity contribution in [3.05, 3.63) is 22.7 Å². The molecule has 16 heavy (non-hydrogen) atoms. The van der Waals surface area contributed by atoms with E-state index in [1.807, 2.05) is 0 Å². The highest BCUT2D eigenvalue weighted by Gasteiger charge is 2.23. The Hall–Kier alpha value is -0.455. The first-order valence-electron chi connectivity index (χ1n) is 6.19. The lowest BCUT2D eigenvalue weighted by Crippen LogP contribution is -2.17. The van der Waals surface area contributed by atoms with Crippen LogP contribution in [0.1, 0.15) is 55.4 Å². The average molecular weight is 219 g/mol. The Balaban J connectivity index is 5.62. The smallest absolute Gasteiger partial charge is 0.112 e. The van der Waals surface area contributed by atoms with Crippen LogP contribution in [0, 0.1) is 10.8 Å². The van der Waals surface area contributed by atoms with Gasteiger partial charge in [-0.15, -0.1) is 5.47 Å². The van der Waals surface area contributed by atoms with Crippen LogP contribution in [0.15, 0.2) is 22.7 Å². The second kappa shape index (κ2) is 5.25. The summed E-state index contributed by atoms with van der Waals surface area (Å²) in [5.41, 5.74) is 4.75. The van der Waals surface area contributed by atoms with E-state index >= 15 is 0 Å². The van der Waals surface area contributed by atoms with Crippen LogP contribution in [0.4, 0.5) is 0 Å². The molecule has 0 heterocycles. The Morgan fingerprint density at radius 3 is 1.56 bits per heavy atom. The lowest BCUT2D eigenvalue weighted by Gasteiger charge is -2.30. The summed E-state index contributed by atoms with van der Waals surface area (Å²) in [6.07, 6.45) is 2.33. The van der Waals surface area contributed by atoms with Gasteiger partial charge < -0.3 is 0 Å². The molecule has 0 nitrogen and oxygen atoms in total. The maximum atomic E-state index is 2.33. The van der Waals surface area contributed by atoms with Crippen molar-refractivity contribution in [3.8, 4) is 0 Å². The van der Waals surface area contributed by atoms with Crippen molar-refractivity contribution < 1.29 is 0 Å². The predicted octanol–water partition coefficient (Wildman–Crippen LogP) is 5.05. The lowest BCUT2D eigenvalue weighted by molar-refractivity contribution is 0.453. The van der Waals surface area contributed by atoms with Crippen LogP contribution < -0.4 is 0 Å². The Bertz CT molecular complexity index is 292. The Kier molecular flexibility index (Phi) is 5.10. The van der Waals surface area contributed by atoms with E-state index in [2.05, 4.69) is 75.6 Å². The molecule has 0 aliphatic rings. The van der Waals surface area contributed by atoms with Crippen LogP contribution >= 0.6 is 0 Å². The summed E-state index contributed by atoms with van der Waals surface area (Å²) < 4.78 is 0. The topological polar surface area (TPSA) is 0 Å². The standard InChI is InChI=1S/C15H28B/c1-11(16-9)10-13(15(6,7)8)12(2)14(3,4)5/h10H,1-9H3/b11-10+,13-12-. The second-order valence-corrected chi connectivity index (χ2v) is 6.72. The minimum atomic E-state index is 0.210. The van der Waals surface area contributed by atoms with Crippen molar-refractivity contribution in [1.29, 1.82) is 0 Å². The summed E-state index contributed by atoms with van der Waals surface area (Å²) in [5, 5.41) is 0. The van der Waals surface area contributed by atoms with Crippen molar-refractivity contribution in [2.45, 2.75) is 62.2 Å². The van der Waals surface area contributed by atoms with Gasteiger partial charge in [0.05, 0.1) is 0 Å². The van der Waals surface area contributed by atoms with Crippen LogP contribution in [0.3, 0.4) is 0 Å². The van der Waals surface area contributed by atoms with Crippen molar-refractivity contribution in [2.24, 2.45) is 10.8 Å². The van der Waals surface area contributed by atoms with Crippen LogP contribution in [0.5, 0.6) is 0 Å². The summed E-state index contributed by atoms with van der Waals surface area (Å²) >= 11 is 0. The van der Waals surface area contributed by atoms with E-state index in [-0.39, 0.29) is 10.8 Å². The van der Waals surface area contributed by atoms with Crippen LogP contribution in [0.25, 0.3) is 0 Å². The Morgan fingerprint density at radius 1 is 0.875 bits per heavy atom. The molecule has 0 amide bonds. The number of allylic oxidation sites excluding steroid dienone is 4. The quantitative estimate of drug-likeness (QED) is 0.450. The zero-order chi connectivity index (χ0) is 13.1. The fraction of sp³-hybridized carbons (Fsp3) is 0.733. The van der Waals surface area contributed by atoms with Crippen LogP contribution in [-0.2, 0) is 0 Å². The summed E-state index contributed by atoms with van der Waals surface area (Å²) in [6.45, 7) is 20.2. The lowest BCUT2D eigenvalue weighted by atomic mass is 9.69. The molecule has 0 fully saturated rings. The summed E-state index contributed by atoms with van der Waals surface area (Å²) in [4.78, 5) is 0. The Labute approximate surface area is 103 Å². The van der Waals surface area contributed by atoms with Gasteiger partial charge in [-0.1, -0.05) is 66.9 Å². The highest BCUT2D eigenvalue weighted by molar-refractivity contribution is 6.43. The molecule has 0 N–H and O–H groups in total. The second-order valence-electron chi connectivity index (χ2n) is 6.72. The van der Waals surface area contributed by atoms with Crippen molar-refractivity contribution in [1.82, 2.24) is 0 Å². The van der Waals surface area contributed by atoms with Gasteiger partial charge in [0.25, 0.3) is 0 Å². The van der Waals surface area contributed by atoms with Gasteiger partial charge in [0.15, 0.2) is 0 Å².